The summed E-state index contributed by atoms with van der Waals surface area (Å²) < 4.78 is 20.8. The van der Waals surface area contributed by atoms with Crippen LogP contribution >= 0.6 is 0 Å². The Morgan fingerprint density at radius 3 is 2.11 bits per heavy atom. The van der Waals surface area contributed by atoms with Crippen LogP contribution in [0, 0.1) is 11.3 Å². The van der Waals surface area contributed by atoms with Gasteiger partial charge in [-0.15, -0.1) is 5.10 Å². The molecule has 1 aromatic heterocycles. The highest BCUT2D eigenvalue weighted by atomic mass is 16.5. The summed E-state index contributed by atoms with van der Waals surface area (Å²) in [6, 6.07) is 5.09. The molecular weight excluding hydrogens is 250 g/mol. The summed E-state index contributed by atoms with van der Waals surface area (Å²) in [5, 5.41) is 16.0. The highest BCUT2D eigenvalue weighted by Crippen LogP contribution is 2.40. The van der Waals surface area contributed by atoms with Crippen LogP contribution in [0.25, 0.3) is 11.5 Å². The fourth-order valence-electron chi connectivity index (χ4n) is 1.59. The minimum atomic E-state index is -0.108. The molecule has 0 atom stereocenters. The van der Waals surface area contributed by atoms with Gasteiger partial charge in [0, 0.05) is 5.56 Å². The molecule has 0 spiro atoms. The van der Waals surface area contributed by atoms with Crippen LogP contribution in [0.3, 0.4) is 0 Å². The molecule has 0 aliphatic rings. The molecule has 19 heavy (non-hydrogen) atoms. The van der Waals surface area contributed by atoms with Crippen molar-refractivity contribution in [3.8, 4) is 34.8 Å². The SMILES string of the molecule is COc1cc(-c2nnc(C#N)o2)cc(OC)c1OC. The number of nitriles is 1. The normalized spacial score (nSPS) is 9.79. The Kier molecular flexibility index (Phi) is 3.52. The Hall–Kier alpha value is -2.75. The first kappa shape index (κ1) is 12.7. The van der Waals surface area contributed by atoms with Crippen molar-refractivity contribution < 1.29 is 18.6 Å². The summed E-state index contributed by atoms with van der Waals surface area (Å²) in [5.74, 6) is 1.50. The summed E-state index contributed by atoms with van der Waals surface area (Å²) >= 11 is 0. The van der Waals surface area contributed by atoms with Gasteiger partial charge in [0.05, 0.1) is 21.3 Å². The zero-order chi connectivity index (χ0) is 13.8. The first-order valence-electron chi connectivity index (χ1n) is 5.27. The minimum absolute atomic E-state index is 0.108. The van der Waals surface area contributed by atoms with E-state index in [4.69, 9.17) is 23.9 Å². The van der Waals surface area contributed by atoms with Crippen molar-refractivity contribution in [1.82, 2.24) is 10.2 Å². The molecule has 2 rings (SSSR count). The number of hydrogen-bond acceptors (Lipinski definition) is 7. The Morgan fingerprint density at radius 2 is 1.68 bits per heavy atom. The maximum Gasteiger partial charge on any atom is 0.321 e. The molecule has 0 amide bonds. The van der Waals surface area contributed by atoms with Gasteiger partial charge in [0.25, 0.3) is 0 Å². The van der Waals surface area contributed by atoms with Crippen LogP contribution in [-0.2, 0) is 0 Å². The maximum atomic E-state index is 8.67. The minimum Gasteiger partial charge on any atom is -0.493 e. The Morgan fingerprint density at radius 1 is 1.05 bits per heavy atom. The topological polar surface area (TPSA) is 90.4 Å². The van der Waals surface area contributed by atoms with Gasteiger partial charge < -0.3 is 18.6 Å². The first-order valence-corrected chi connectivity index (χ1v) is 5.27. The summed E-state index contributed by atoms with van der Waals surface area (Å²) in [6.45, 7) is 0. The zero-order valence-corrected chi connectivity index (χ0v) is 10.6. The van der Waals surface area contributed by atoms with E-state index in [9.17, 15) is 0 Å². The number of rotatable bonds is 4. The molecule has 7 nitrogen and oxygen atoms in total. The zero-order valence-electron chi connectivity index (χ0n) is 10.6. The van der Waals surface area contributed by atoms with Crippen LogP contribution in [-0.4, -0.2) is 31.5 Å². The number of aromatic nitrogens is 2. The van der Waals surface area contributed by atoms with Crippen LogP contribution in [0.1, 0.15) is 5.89 Å². The molecule has 0 saturated carbocycles. The monoisotopic (exact) mass is 261 g/mol. The van der Waals surface area contributed by atoms with Crippen LogP contribution in [0.2, 0.25) is 0 Å². The second-order valence-corrected chi connectivity index (χ2v) is 3.44. The molecule has 2 aromatic rings. The molecule has 1 heterocycles. The van der Waals surface area contributed by atoms with Gasteiger partial charge in [-0.05, 0) is 12.1 Å². The predicted octanol–water partition coefficient (Wildman–Crippen LogP) is 1.63. The van der Waals surface area contributed by atoms with E-state index in [1.165, 1.54) is 21.3 Å². The molecule has 0 N–H and O–H groups in total. The number of benzene rings is 1. The molecule has 98 valence electrons. The summed E-state index contributed by atoms with van der Waals surface area (Å²) in [4.78, 5) is 0. The van der Waals surface area contributed by atoms with E-state index in [0.29, 0.717) is 22.8 Å². The fourth-order valence-corrected chi connectivity index (χ4v) is 1.59. The maximum absolute atomic E-state index is 8.67. The van der Waals surface area contributed by atoms with Gasteiger partial charge in [-0.2, -0.15) is 5.26 Å². The Bertz CT molecular complexity index is 605. The van der Waals surface area contributed by atoms with Crippen LogP contribution in [0.15, 0.2) is 16.5 Å². The lowest BCUT2D eigenvalue weighted by atomic mass is 10.2. The molecule has 0 aliphatic heterocycles. The average molecular weight is 261 g/mol. The molecule has 0 fully saturated rings. The van der Waals surface area contributed by atoms with E-state index in [2.05, 4.69) is 10.2 Å². The number of nitrogens with zero attached hydrogens (tertiary/aromatic N) is 3. The predicted molar refractivity (Wildman–Crippen MR) is 64.1 cm³/mol. The van der Waals surface area contributed by atoms with E-state index in [1.54, 1.807) is 18.2 Å². The molecule has 0 aliphatic carbocycles. The third kappa shape index (κ3) is 2.28. The van der Waals surface area contributed by atoms with Gasteiger partial charge >= 0.3 is 5.89 Å². The standard InChI is InChI=1S/C12H11N3O4/c1-16-8-4-7(5-9(17-2)11(8)18-3)12-15-14-10(6-13)19-12/h4-5H,1-3H3. The van der Waals surface area contributed by atoms with E-state index in [1.807, 2.05) is 0 Å². The highest BCUT2D eigenvalue weighted by Gasteiger charge is 2.17. The number of ether oxygens (including phenoxy) is 3. The van der Waals surface area contributed by atoms with E-state index in [-0.39, 0.29) is 11.8 Å². The van der Waals surface area contributed by atoms with E-state index >= 15 is 0 Å². The van der Waals surface area contributed by atoms with Crippen molar-refractivity contribution in [3.63, 3.8) is 0 Å². The van der Waals surface area contributed by atoms with Gasteiger partial charge in [-0.25, -0.2) is 0 Å². The summed E-state index contributed by atoms with van der Waals surface area (Å²) in [7, 11) is 4.53. The van der Waals surface area contributed by atoms with E-state index in [0.717, 1.165) is 0 Å². The number of hydrogen-bond donors (Lipinski definition) is 0. The van der Waals surface area contributed by atoms with Crippen molar-refractivity contribution in [1.29, 1.82) is 5.26 Å². The second-order valence-electron chi connectivity index (χ2n) is 3.44. The van der Waals surface area contributed by atoms with Gasteiger partial charge in [-0.3, -0.25) is 0 Å². The highest BCUT2D eigenvalue weighted by molar-refractivity contribution is 5.65. The molecular formula is C12H11N3O4. The second kappa shape index (κ2) is 5.27. The summed E-state index contributed by atoms with van der Waals surface area (Å²) in [5.41, 5.74) is 0.573. The molecule has 0 radical (unpaired) electrons. The molecule has 7 heteroatoms. The van der Waals surface area contributed by atoms with Crippen molar-refractivity contribution in [3.05, 3.63) is 18.0 Å². The van der Waals surface area contributed by atoms with Gasteiger partial charge in [0.15, 0.2) is 17.6 Å². The van der Waals surface area contributed by atoms with Crippen molar-refractivity contribution in [2.24, 2.45) is 0 Å². The fraction of sp³-hybridized carbons (Fsp3) is 0.250. The quantitative estimate of drug-likeness (QED) is 0.826. The van der Waals surface area contributed by atoms with Gasteiger partial charge in [-0.1, -0.05) is 5.10 Å². The molecule has 0 bridgehead atoms. The van der Waals surface area contributed by atoms with Gasteiger partial charge in [0.2, 0.25) is 11.6 Å². The lowest BCUT2D eigenvalue weighted by Gasteiger charge is -2.12. The van der Waals surface area contributed by atoms with Crippen LogP contribution < -0.4 is 14.2 Å². The number of methoxy groups -OCH3 is 3. The van der Waals surface area contributed by atoms with Crippen molar-refractivity contribution >= 4 is 0 Å². The third-order valence-corrected chi connectivity index (χ3v) is 2.43. The lowest BCUT2D eigenvalue weighted by molar-refractivity contribution is 0.324. The van der Waals surface area contributed by atoms with E-state index < -0.39 is 0 Å². The molecule has 0 unspecified atom stereocenters. The average Bonchev–Trinajstić information content (AvgIpc) is 2.94. The van der Waals surface area contributed by atoms with Crippen molar-refractivity contribution in [2.75, 3.05) is 21.3 Å². The third-order valence-electron chi connectivity index (χ3n) is 2.43. The van der Waals surface area contributed by atoms with Crippen LogP contribution in [0.5, 0.6) is 17.2 Å². The van der Waals surface area contributed by atoms with Gasteiger partial charge in [0.1, 0.15) is 0 Å². The smallest absolute Gasteiger partial charge is 0.321 e. The molecule has 1 aromatic carbocycles. The molecule has 0 saturated heterocycles. The Labute approximate surface area is 109 Å². The largest absolute Gasteiger partial charge is 0.493 e. The first-order chi connectivity index (χ1) is 9.23. The Balaban J connectivity index is 2.55. The van der Waals surface area contributed by atoms with Crippen molar-refractivity contribution in [2.45, 2.75) is 0 Å². The van der Waals surface area contributed by atoms with Crippen LogP contribution in [0.4, 0.5) is 0 Å². The summed E-state index contributed by atoms with van der Waals surface area (Å²) in [6.07, 6.45) is 0. The lowest BCUT2D eigenvalue weighted by Crippen LogP contribution is -1.95.